The molecule has 0 bridgehead atoms. The summed E-state index contributed by atoms with van der Waals surface area (Å²) in [6, 6.07) is 0. The molecule has 0 unspecified atom stereocenters. The third kappa shape index (κ3) is 3.32. The molecule has 0 spiro atoms. The molecular weight excluding hydrogens is 168 g/mol. The summed E-state index contributed by atoms with van der Waals surface area (Å²) in [5.74, 6) is 5.70. The van der Waals surface area contributed by atoms with E-state index in [1.54, 1.807) is 0 Å². The van der Waals surface area contributed by atoms with Crippen molar-refractivity contribution in [1.82, 2.24) is 0 Å². The van der Waals surface area contributed by atoms with Gasteiger partial charge in [-0.3, -0.25) is 4.79 Å². The molecule has 1 heterocycles. The average Bonchev–Trinajstić information content (AvgIpc) is 2.06. The Balaban J connectivity index is 2.21. The van der Waals surface area contributed by atoms with Crippen LogP contribution in [0.3, 0.4) is 0 Å². The van der Waals surface area contributed by atoms with E-state index in [4.69, 9.17) is 6.42 Å². The number of carbonyl (C=O) groups excluding carboxylic acids is 1. The molecular formula is C10H14OS. The molecule has 0 amide bonds. The Hall–Kier alpha value is -0.420. The van der Waals surface area contributed by atoms with Crippen molar-refractivity contribution >= 4 is 17.5 Å². The molecule has 1 nitrogen and oxygen atoms in total. The SMILES string of the molecule is C#CCC(=O)CC1CCSCC1. The molecule has 1 aliphatic rings. The van der Waals surface area contributed by atoms with Crippen LogP contribution in [0.25, 0.3) is 0 Å². The number of terminal acetylenes is 1. The van der Waals surface area contributed by atoms with Crippen LogP contribution in [0.4, 0.5) is 0 Å². The molecule has 2 heteroatoms. The Kier molecular flexibility index (Phi) is 4.24. The molecule has 1 saturated heterocycles. The quantitative estimate of drug-likeness (QED) is 0.622. The summed E-state index contributed by atoms with van der Waals surface area (Å²) < 4.78 is 0. The van der Waals surface area contributed by atoms with Gasteiger partial charge in [-0.1, -0.05) is 5.92 Å². The summed E-state index contributed by atoms with van der Waals surface area (Å²) >= 11 is 1.99. The maximum absolute atomic E-state index is 11.2. The Bertz CT molecular complexity index is 187. The van der Waals surface area contributed by atoms with Crippen molar-refractivity contribution in [2.75, 3.05) is 11.5 Å². The van der Waals surface area contributed by atoms with E-state index in [2.05, 4.69) is 5.92 Å². The van der Waals surface area contributed by atoms with Crippen molar-refractivity contribution in [3.8, 4) is 12.3 Å². The minimum atomic E-state index is 0.245. The standard InChI is InChI=1S/C10H14OS/c1-2-3-10(11)8-9-4-6-12-7-5-9/h1,9H,3-8H2. The summed E-state index contributed by atoms with van der Waals surface area (Å²) in [5.41, 5.74) is 0. The maximum Gasteiger partial charge on any atom is 0.145 e. The second-order valence-corrected chi connectivity index (χ2v) is 4.40. The van der Waals surface area contributed by atoms with Gasteiger partial charge in [-0.05, 0) is 30.3 Å². The Morgan fingerprint density at radius 2 is 2.17 bits per heavy atom. The van der Waals surface area contributed by atoms with Crippen LogP contribution < -0.4 is 0 Å². The van der Waals surface area contributed by atoms with Gasteiger partial charge in [0.25, 0.3) is 0 Å². The molecule has 1 rings (SSSR count). The zero-order chi connectivity index (χ0) is 8.81. The van der Waals surface area contributed by atoms with Gasteiger partial charge in [-0.15, -0.1) is 6.42 Å². The molecule has 1 aliphatic heterocycles. The van der Waals surface area contributed by atoms with E-state index >= 15 is 0 Å². The van der Waals surface area contributed by atoms with Gasteiger partial charge in [0.1, 0.15) is 5.78 Å². The molecule has 0 N–H and O–H groups in total. The highest BCUT2D eigenvalue weighted by Crippen LogP contribution is 2.25. The highest BCUT2D eigenvalue weighted by atomic mass is 32.2. The number of hydrogen-bond acceptors (Lipinski definition) is 2. The molecule has 0 aromatic heterocycles. The molecule has 66 valence electrons. The van der Waals surface area contributed by atoms with Crippen LogP contribution >= 0.6 is 11.8 Å². The Morgan fingerprint density at radius 3 is 2.75 bits per heavy atom. The van der Waals surface area contributed by atoms with E-state index in [9.17, 15) is 4.79 Å². The summed E-state index contributed by atoms with van der Waals surface area (Å²) in [6.45, 7) is 0. The van der Waals surface area contributed by atoms with Crippen LogP contribution in [0, 0.1) is 18.3 Å². The summed E-state index contributed by atoms with van der Waals surface area (Å²) in [6.07, 6.45) is 8.49. The van der Waals surface area contributed by atoms with E-state index in [1.807, 2.05) is 11.8 Å². The molecule has 0 aromatic carbocycles. The Labute approximate surface area is 78.3 Å². The highest BCUT2D eigenvalue weighted by molar-refractivity contribution is 7.99. The van der Waals surface area contributed by atoms with E-state index in [0.29, 0.717) is 18.8 Å². The molecule has 0 saturated carbocycles. The number of thioether (sulfide) groups is 1. The van der Waals surface area contributed by atoms with Gasteiger partial charge in [-0.2, -0.15) is 11.8 Å². The van der Waals surface area contributed by atoms with Gasteiger partial charge in [-0.25, -0.2) is 0 Å². The molecule has 12 heavy (non-hydrogen) atoms. The second-order valence-electron chi connectivity index (χ2n) is 3.18. The van der Waals surface area contributed by atoms with Crippen LogP contribution in [0.1, 0.15) is 25.7 Å². The lowest BCUT2D eigenvalue weighted by Crippen LogP contribution is -2.13. The van der Waals surface area contributed by atoms with E-state index in [1.165, 1.54) is 24.3 Å². The van der Waals surface area contributed by atoms with Crippen molar-refractivity contribution in [2.24, 2.45) is 5.92 Å². The second kappa shape index (κ2) is 5.27. The number of carbonyl (C=O) groups is 1. The first-order valence-electron chi connectivity index (χ1n) is 4.36. The number of hydrogen-bond donors (Lipinski definition) is 0. The molecule has 1 fully saturated rings. The minimum absolute atomic E-state index is 0.245. The zero-order valence-electron chi connectivity index (χ0n) is 7.21. The predicted octanol–water partition coefficient (Wildman–Crippen LogP) is 2.11. The zero-order valence-corrected chi connectivity index (χ0v) is 8.03. The van der Waals surface area contributed by atoms with Crippen molar-refractivity contribution < 1.29 is 4.79 Å². The van der Waals surface area contributed by atoms with Crippen LogP contribution in [0.2, 0.25) is 0 Å². The first-order chi connectivity index (χ1) is 5.83. The van der Waals surface area contributed by atoms with Crippen molar-refractivity contribution in [1.29, 1.82) is 0 Å². The number of rotatable bonds is 3. The Morgan fingerprint density at radius 1 is 1.50 bits per heavy atom. The summed E-state index contributed by atoms with van der Waals surface area (Å²) in [4.78, 5) is 11.2. The molecule has 0 atom stereocenters. The van der Waals surface area contributed by atoms with Crippen molar-refractivity contribution in [3.05, 3.63) is 0 Å². The topological polar surface area (TPSA) is 17.1 Å². The van der Waals surface area contributed by atoms with E-state index in [-0.39, 0.29) is 5.78 Å². The van der Waals surface area contributed by atoms with Gasteiger partial charge >= 0.3 is 0 Å². The van der Waals surface area contributed by atoms with Gasteiger partial charge in [0.15, 0.2) is 0 Å². The summed E-state index contributed by atoms with van der Waals surface area (Å²) in [5, 5.41) is 0. The lowest BCUT2D eigenvalue weighted by Gasteiger charge is -2.19. The fourth-order valence-corrected chi connectivity index (χ4v) is 2.66. The fraction of sp³-hybridized carbons (Fsp3) is 0.700. The third-order valence-corrected chi connectivity index (χ3v) is 3.21. The van der Waals surface area contributed by atoms with Gasteiger partial charge in [0.2, 0.25) is 0 Å². The normalized spacial score (nSPS) is 18.6. The fourth-order valence-electron chi connectivity index (χ4n) is 1.46. The molecule has 0 aromatic rings. The molecule has 0 radical (unpaired) electrons. The van der Waals surface area contributed by atoms with Crippen LogP contribution in [0.5, 0.6) is 0 Å². The summed E-state index contributed by atoms with van der Waals surface area (Å²) in [7, 11) is 0. The van der Waals surface area contributed by atoms with Crippen LogP contribution in [-0.4, -0.2) is 17.3 Å². The monoisotopic (exact) mass is 182 g/mol. The number of ketones is 1. The van der Waals surface area contributed by atoms with Crippen LogP contribution in [-0.2, 0) is 4.79 Å². The average molecular weight is 182 g/mol. The molecule has 0 aliphatic carbocycles. The largest absolute Gasteiger partial charge is 0.299 e. The van der Waals surface area contributed by atoms with Crippen molar-refractivity contribution in [3.63, 3.8) is 0 Å². The lowest BCUT2D eigenvalue weighted by molar-refractivity contribution is -0.119. The maximum atomic E-state index is 11.2. The number of Topliss-reactive ketones (excluding diaryl/α,β-unsaturated/α-hetero) is 1. The minimum Gasteiger partial charge on any atom is -0.299 e. The lowest BCUT2D eigenvalue weighted by atomic mass is 9.95. The van der Waals surface area contributed by atoms with Crippen molar-refractivity contribution in [2.45, 2.75) is 25.7 Å². The first-order valence-corrected chi connectivity index (χ1v) is 5.51. The van der Waals surface area contributed by atoms with Crippen LogP contribution in [0.15, 0.2) is 0 Å². The van der Waals surface area contributed by atoms with E-state index < -0.39 is 0 Å². The van der Waals surface area contributed by atoms with E-state index in [0.717, 1.165) is 0 Å². The smallest absolute Gasteiger partial charge is 0.145 e. The predicted molar refractivity (Wildman–Crippen MR) is 53.1 cm³/mol. The highest BCUT2D eigenvalue weighted by Gasteiger charge is 2.16. The van der Waals surface area contributed by atoms with Gasteiger partial charge in [0, 0.05) is 6.42 Å². The third-order valence-electron chi connectivity index (χ3n) is 2.16. The van der Waals surface area contributed by atoms with Gasteiger partial charge in [0.05, 0.1) is 6.42 Å². The van der Waals surface area contributed by atoms with Gasteiger partial charge < -0.3 is 0 Å². The first kappa shape index (κ1) is 9.67.